The van der Waals surface area contributed by atoms with Gasteiger partial charge in [-0.15, -0.1) is 11.3 Å². The minimum atomic E-state index is 0.723. The van der Waals surface area contributed by atoms with E-state index in [1.165, 1.54) is 6.21 Å². The fourth-order valence-corrected chi connectivity index (χ4v) is 3.37. The van der Waals surface area contributed by atoms with Crippen LogP contribution in [0, 0.1) is 5.41 Å². The maximum Gasteiger partial charge on any atom is 0.160 e. The SMILES string of the molecule is CCN/C=C(\C=N)Cc1sc(Br)nc1Br. The molecular weight excluding hydrogens is 342 g/mol. The quantitative estimate of drug-likeness (QED) is 0.798. The Labute approximate surface area is 110 Å². The Morgan fingerprint density at radius 1 is 1.60 bits per heavy atom. The summed E-state index contributed by atoms with van der Waals surface area (Å²) in [5, 5.41) is 10.4. The van der Waals surface area contributed by atoms with E-state index >= 15 is 0 Å². The van der Waals surface area contributed by atoms with E-state index in [1.807, 2.05) is 13.1 Å². The molecule has 0 atom stereocenters. The van der Waals surface area contributed by atoms with Crippen LogP contribution < -0.4 is 5.32 Å². The average molecular weight is 353 g/mol. The first-order valence-electron chi connectivity index (χ1n) is 4.41. The second kappa shape index (κ2) is 6.40. The summed E-state index contributed by atoms with van der Waals surface area (Å²) in [6.07, 6.45) is 3.95. The third-order valence-electron chi connectivity index (χ3n) is 1.67. The van der Waals surface area contributed by atoms with Gasteiger partial charge in [0.25, 0.3) is 0 Å². The van der Waals surface area contributed by atoms with Gasteiger partial charge in [0, 0.05) is 30.3 Å². The van der Waals surface area contributed by atoms with Crippen molar-refractivity contribution in [3.05, 3.63) is 25.2 Å². The van der Waals surface area contributed by atoms with E-state index in [0.29, 0.717) is 0 Å². The van der Waals surface area contributed by atoms with Crippen LogP contribution in [0.2, 0.25) is 0 Å². The highest BCUT2D eigenvalue weighted by molar-refractivity contribution is 9.11. The minimum absolute atomic E-state index is 0.723. The number of hydrogen-bond acceptors (Lipinski definition) is 4. The Morgan fingerprint density at radius 2 is 2.33 bits per heavy atom. The Bertz CT molecular complexity index is 373. The summed E-state index contributed by atoms with van der Waals surface area (Å²) in [5.74, 6) is 0. The molecule has 0 aromatic carbocycles. The van der Waals surface area contributed by atoms with Gasteiger partial charge in [0.05, 0.1) is 0 Å². The highest BCUT2D eigenvalue weighted by Gasteiger charge is 2.08. The van der Waals surface area contributed by atoms with Gasteiger partial charge in [0.2, 0.25) is 0 Å². The van der Waals surface area contributed by atoms with E-state index in [1.54, 1.807) is 11.3 Å². The molecule has 0 aliphatic heterocycles. The zero-order valence-corrected chi connectivity index (χ0v) is 12.2. The predicted octanol–water partition coefficient (Wildman–Crippen LogP) is 3.35. The summed E-state index contributed by atoms with van der Waals surface area (Å²) in [6, 6.07) is 0. The van der Waals surface area contributed by atoms with Crippen LogP contribution in [0.25, 0.3) is 0 Å². The molecule has 0 saturated heterocycles. The largest absolute Gasteiger partial charge is 0.391 e. The number of aromatic nitrogens is 1. The van der Waals surface area contributed by atoms with Crippen LogP contribution in [-0.4, -0.2) is 17.7 Å². The molecule has 1 aromatic rings. The topological polar surface area (TPSA) is 48.8 Å². The van der Waals surface area contributed by atoms with Gasteiger partial charge >= 0.3 is 0 Å². The van der Waals surface area contributed by atoms with Crippen molar-refractivity contribution in [2.75, 3.05) is 6.54 Å². The number of hydrogen-bond donors (Lipinski definition) is 2. The molecule has 1 heterocycles. The first-order valence-corrected chi connectivity index (χ1v) is 6.81. The number of nitrogens with zero attached hydrogens (tertiary/aromatic N) is 1. The number of halogens is 2. The van der Waals surface area contributed by atoms with Gasteiger partial charge < -0.3 is 10.7 Å². The number of allylic oxidation sites excluding steroid dienone is 1. The van der Waals surface area contributed by atoms with Crippen LogP contribution in [0.5, 0.6) is 0 Å². The van der Waals surface area contributed by atoms with Crippen molar-refractivity contribution < 1.29 is 0 Å². The van der Waals surface area contributed by atoms with Gasteiger partial charge in [-0.05, 0) is 44.4 Å². The maximum atomic E-state index is 7.29. The van der Waals surface area contributed by atoms with Crippen LogP contribution in [0.4, 0.5) is 0 Å². The van der Waals surface area contributed by atoms with Crippen LogP contribution in [0.3, 0.4) is 0 Å². The lowest BCUT2D eigenvalue weighted by Crippen LogP contribution is -2.05. The first-order chi connectivity index (χ1) is 7.17. The maximum absolute atomic E-state index is 7.29. The summed E-state index contributed by atoms with van der Waals surface area (Å²) in [6.45, 7) is 2.89. The van der Waals surface area contributed by atoms with Crippen molar-refractivity contribution in [1.82, 2.24) is 10.3 Å². The lowest BCUT2D eigenvalue weighted by Gasteiger charge is -2.00. The van der Waals surface area contributed by atoms with Gasteiger partial charge in [-0.25, -0.2) is 4.98 Å². The van der Waals surface area contributed by atoms with Crippen molar-refractivity contribution in [2.45, 2.75) is 13.3 Å². The van der Waals surface area contributed by atoms with Crippen LogP contribution >= 0.6 is 43.2 Å². The van der Waals surface area contributed by atoms with Gasteiger partial charge in [0.15, 0.2) is 3.92 Å². The molecule has 0 saturated carbocycles. The molecule has 0 bridgehead atoms. The van der Waals surface area contributed by atoms with Crippen LogP contribution in [0.1, 0.15) is 11.8 Å². The normalized spacial score (nSPS) is 11.5. The Balaban J connectivity index is 2.74. The Kier molecular flexibility index (Phi) is 5.49. The van der Waals surface area contributed by atoms with Crippen molar-refractivity contribution in [3.63, 3.8) is 0 Å². The highest BCUT2D eigenvalue weighted by Crippen LogP contribution is 2.28. The standard InChI is InChI=1S/C9H11Br2N3S/c1-2-13-5-6(4-12)3-7-8(10)14-9(11)15-7/h4-5,12-13H,2-3H2,1H3/b6-5-,12-4?. The number of thiazole rings is 1. The molecule has 1 rings (SSSR count). The molecule has 0 radical (unpaired) electrons. The zero-order chi connectivity index (χ0) is 11.3. The first kappa shape index (κ1) is 12.9. The summed E-state index contributed by atoms with van der Waals surface area (Å²) >= 11 is 8.30. The predicted molar refractivity (Wildman–Crippen MR) is 71.8 cm³/mol. The van der Waals surface area contributed by atoms with Crippen LogP contribution in [-0.2, 0) is 6.42 Å². The monoisotopic (exact) mass is 351 g/mol. The van der Waals surface area contributed by atoms with Gasteiger partial charge in [-0.3, -0.25) is 0 Å². The van der Waals surface area contributed by atoms with E-state index in [9.17, 15) is 0 Å². The molecule has 0 amide bonds. The lowest BCUT2D eigenvalue weighted by molar-refractivity contribution is 0.908. The molecule has 6 heteroatoms. The van der Waals surface area contributed by atoms with Crippen molar-refractivity contribution in [2.24, 2.45) is 0 Å². The zero-order valence-electron chi connectivity index (χ0n) is 8.18. The molecule has 0 spiro atoms. The van der Waals surface area contributed by atoms with Crippen molar-refractivity contribution in [1.29, 1.82) is 5.41 Å². The smallest absolute Gasteiger partial charge is 0.160 e. The summed E-state index contributed by atoms with van der Waals surface area (Å²) < 4.78 is 1.71. The van der Waals surface area contributed by atoms with E-state index in [2.05, 4.69) is 42.2 Å². The fourth-order valence-electron chi connectivity index (χ4n) is 0.977. The molecule has 15 heavy (non-hydrogen) atoms. The van der Waals surface area contributed by atoms with Gasteiger partial charge in [-0.1, -0.05) is 0 Å². The molecular formula is C9H11Br2N3S. The van der Waals surface area contributed by atoms with Gasteiger partial charge in [0.1, 0.15) is 4.60 Å². The average Bonchev–Trinajstić information content (AvgIpc) is 2.52. The number of rotatable bonds is 5. The van der Waals surface area contributed by atoms with E-state index < -0.39 is 0 Å². The highest BCUT2D eigenvalue weighted by atomic mass is 79.9. The Morgan fingerprint density at radius 3 is 2.80 bits per heavy atom. The molecule has 82 valence electrons. The second-order valence-electron chi connectivity index (χ2n) is 2.78. The molecule has 0 unspecified atom stereocenters. The van der Waals surface area contributed by atoms with Crippen LogP contribution in [0.15, 0.2) is 20.3 Å². The summed E-state index contributed by atoms with van der Waals surface area (Å²) in [5.41, 5.74) is 0.939. The van der Waals surface area contributed by atoms with E-state index in [4.69, 9.17) is 5.41 Å². The summed E-state index contributed by atoms with van der Waals surface area (Å²) in [7, 11) is 0. The van der Waals surface area contributed by atoms with E-state index in [0.717, 1.165) is 31.9 Å². The van der Waals surface area contributed by atoms with Gasteiger partial charge in [-0.2, -0.15) is 0 Å². The molecule has 3 nitrogen and oxygen atoms in total. The molecule has 0 aliphatic carbocycles. The third-order valence-corrected chi connectivity index (χ3v) is 4.09. The molecule has 0 aliphatic rings. The summed E-state index contributed by atoms with van der Waals surface area (Å²) in [4.78, 5) is 5.33. The minimum Gasteiger partial charge on any atom is -0.391 e. The van der Waals surface area contributed by atoms with Crippen molar-refractivity contribution in [3.8, 4) is 0 Å². The molecule has 2 N–H and O–H groups in total. The third kappa shape index (κ3) is 4.04. The molecule has 1 aromatic heterocycles. The number of nitrogens with one attached hydrogen (secondary N) is 2. The Hall–Kier alpha value is -0.200. The second-order valence-corrected chi connectivity index (χ2v) is 5.89. The fraction of sp³-hybridized carbons (Fsp3) is 0.333. The molecule has 0 fully saturated rings. The lowest BCUT2D eigenvalue weighted by atomic mass is 10.2. The van der Waals surface area contributed by atoms with Crippen molar-refractivity contribution >= 4 is 49.4 Å². The van der Waals surface area contributed by atoms with E-state index in [-0.39, 0.29) is 0 Å².